The van der Waals surface area contributed by atoms with Crippen LogP contribution in [0.25, 0.3) is 11.0 Å². The van der Waals surface area contributed by atoms with Crippen LogP contribution in [0.3, 0.4) is 0 Å². The molecule has 7 heteroatoms. The van der Waals surface area contributed by atoms with E-state index in [1.165, 1.54) is 6.33 Å². The Kier molecular flexibility index (Phi) is 3.37. The highest BCUT2D eigenvalue weighted by molar-refractivity contribution is 7.98. The summed E-state index contributed by atoms with van der Waals surface area (Å²) in [5, 5.41) is 12.3. The molecule has 0 radical (unpaired) electrons. The van der Waals surface area contributed by atoms with E-state index in [4.69, 9.17) is 4.42 Å². The Morgan fingerprint density at radius 1 is 1.42 bits per heavy atom. The molecule has 0 fully saturated rings. The standard InChI is InChI=1S/C12H13N5OS/c1-19-12-9-10(14-7-15-11(9)16-17-12)13-5-4-8-3-2-6-18-8/h2-3,6-7H,4-5H2,1H3,(H2,13,14,15,16,17). The Labute approximate surface area is 114 Å². The van der Waals surface area contributed by atoms with Crippen LogP contribution in [0, 0.1) is 0 Å². The van der Waals surface area contributed by atoms with Crippen LogP contribution in [0.1, 0.15) is 5.76 Å². The second-order valence-electron chi connectivity index (χ2n) is 3.93. The molecule has 3 aromatic heterocycles. The first-order chi connectivity index (χ1) is 9.38. The molecule has 0 aliphatic rings. The second-order valence-corrected chi connectivity index (χ2v) is 4.73. The summed E-state index contributed by atoms with van der Waals surface area (Å²) in [5.74, 6) is 1.75. The number of aromatic amines is 1. The highest BCUT2D eigenvalue weighted by Gasteiger charge is 2.11. The first kappa shape index (κ1) is 12.0. The van der Waals surface area contributed by atoms with E-state index in [0.717, 1.165) is 40.6 Å². The van der Waals surface area contributed by atoms with E-state index in [0.29, 0.717) is 0 Å². The van der Waals surface area contributed by atoms with Gasteiger partial charge in [-0.3, -0.25) is 5.10 Å². The summed E-state index contributed by atoms with van der Waals surface area (Å²) in [6.07, 6.45) is 6.00. The monoisotopic (exact) mass is 275 g/mol. The second kappa shape index (κ2) is 5.31. The number of aromatic nitrogens is 4. The van der Waals surface area contributed by atoms with Crippen molar-refractivity contribution in [2.45, 2.75) is 11.4 Å². The molecule has 0 aromatic carbocycles. The molecular formula is C12H13N5OS. The molecule has 3 rings (SSSR count). The van der Waals surface area contributed by atoms with Crippen LogP contribution in [-0.4, -0.2) is 33.0 Å². The van der Waals surface area contributed by atoms with E-state index < -0.39 is 0 Å². The average molecular weight is 275 g/mol. The number of furan rings is 1. The highest BCUT2D eigenvalue weighted by atomic mass is 32.2. The molecule has 19 heavy (non-hydrogen) atoms. The minimum Gasteiger partial charge on any atom is -0.469 e. The summed E-state index contributed by atoms with van der Waals surface area (Å²) >= 11 is 1.57. The smallest absolute Gasteiger partial charge is 0.161 e. The lowest BCUT2D eigenvalue weighted by atomic mass is 10.3. The number of anilines is 1. The van der Waals surface area contributed by atoms with Crippen LogP contribution in [-0.2, 0) is 6.42 Å². The van der Waals surface area contributed by atoms with Gasteiger partial charge in [0.15, 0.2) is 5.65 Å². The summed E-state index contributed by atoms with van der Waals surface area (Å²) in [6, 6.07) is 3.85. The minimum absolute atomic E-state index is 0.749. The number of hydrogen-bond donors (Lipinski definition) is 2. The topological polar surface area (TPSA) is 79.6 Å². The van der Waals surface area contributed by atoms with Crippen molar-refractivity contribution in [2.75, 3.05) is 18.1 Å². The maximum absolute atomic E-state index is 5.29. The van der Waals surface area contributed by atoms with Gasteiger partial charge in [0.25, 0.3) is 0 Å². The molecule has 0 aliphatic carbocycles. The predicted molar refractivity (Wildman–Crippen MR) is 74.4 cm³/mol. The van der Waals surface area contributed by atoms with Gasteiger partial charge in [0.05, 0.1) is 11.6 Å². The van der Waals surface area contributed by atoms with Gasteiger partial charge in [0.2, 0.25) is 0 Å². The summed E-state index contributed by atoms with van der Waals surface area (Å²) < 4.78 is 5.29. The Balaban J connectivity index is 1.78. The quantitative estimate of drug-likeness (QED) is 0.696. The summed E-state index contributed by atoms with van der Waals surface area (Å²) in [6.45, 7) is 0.749. The number of fused-ring (bicyclic) bond motifs is 1. The molecule has 0 bridgehead atoms. The molecular weight excluding hydrogens is 262 g/mol. The van der Waals surface area contributed by atoms with E-state index in [-0.39, 0.29) is 0 Å². The lowest BCUT2D eigenvalue weighted by molar-refractivity contribution is 0.513. The molecule has 0 atom stereocenters. The van der Waals surface area contributed by atoms with Crippen LogP contribution < -0.4 is 5.32 Å². The molecule has 0 saturated carbocycles. The third kappa shape index (κ3) is 2.41. The van der Waals surface area contributed by atoms with Gasteiger partial charge in [0.1, 0.15) is 22.9 Å². The molecule has 0 amide bonds. The molecule has 3 aromatic rings. The fourth-order valence-electron chi connectivity index (χ4n) is 1.87. The molecule has 2 N–H and O–H groups in total. The maximum atomic E-state index is 5.29. The molecule has 0 spiro atoms. The Morgan fingerprint density at radius 3 is 3.16 bits per heavy atom. The van der Waals surface area contributed by atoms with Crippen LogP contribution in [0.4, 0.5) is 5.82 Å². The summed E-state index contributed by atoms with van der Waals surface area (Å²) in [7, 11) is 0. The molecule has 0 unspecified atom stereocenters. The third-order valence-corrected chi connectivity index (χ3v) is 3.44. The van der Waals surface area contributed by atoms with Gasteiger partial charge in [0, 0.05) is 13.0 Å². The van der Waals surface area contributed by atoms with Crippen molar-refractivity contribution < 1.29 is 4.42 Å². The minimum atomic E-state index is 0.749. The highest BCUT2D eigenvalue weighted by Crippen LogP contribution is 2.27. The maximum Gasteiger partial charge on any atom is 0.161 e. The molecule has 0 saturated heterocycles. The van der Waals surface area contributed by atoms with Crippen LogP contribution in [0.15, 0.2) is 34.2 Å². The van der Waals surface area contributed by atoms with E-state index >= 15 is 0 Å². The SMILES string of the molecule is CSc1n[nH]c2ncnc(NCCc3ccco3)c12. The van der Waals surface area contributed by atoms with Gasteiger partial charge in [-0.05, 0) is 18.4 Å². The number of H-pyrrole nitrogens is 1. The van der Waals surface area contributed by atoms with E-state index in [1.807, 2.05) is 18.4 Å². The summed E-state index contributed by atoms with van der Waals surface area (Å²) in [4.78, 5) is 8.45. The number of hydrogen-bond acceptors (Lipinski definition) is 6. The van der Waals surface area contributed by atoms with Gasteiger partial charge >= 0.3 is 0 Å². The van der Waals surface area contributed by atoms with Gasteiger partial charge in [-0.1, -0.05) is 0 Å². The van der Waals surface area contributed by atoms with Gasteiger partial charge in [-0.2, -0.15) is 5.10 Å². The molecule has 6 nitrogen and oxygen atoms in total. The van der Waals surface area contributed by atoms with E-state index in [2.05, 4.69) is 25.5 Å². The fraction of sp³-hybridized carbons (Fsp3) is 0.250. The van der Waals surface area contributed by atoms with E-state index in [9.17, 15) is 0 Å². The third-order valence-electron chi connectivity index (χ3n) is 2.76. The molecule has 3 heterocycles. The van der Waals surface area contributed by atoms with Crippen molar-refractivity contribution in [2.24, 2.45) is 0 Å². The Morgan fingerprint density at radius 2 is 2.37 bits per heavy atom. The lowest BCUT2D eigenvalue weighted by Gasteiger charge is -2.05. The summed E-state index contributed by atoms with van der Waals surface area (Å²) in [5.41, 5.74) is 0.750. The Hall–Kier alpha value is -2.02. The number of nitrogens with zero attached hydrogens (tertiary/aromatic N) is 3. The van der Waals surface area contributed by atoms with Crippen molar-refractivity contribution in [1.29, 1.82) is 0 Å². The van der Waals surface area contributed by atoms with Crippen molar-refractivity contribution in [1.82, 2.24) is 20.2 Å². The van der Waals surface area contributed by atoms with Gasteiger partial charge in [-0.25, -0.2) is 9.97 Å². The van der Waals surface area contributed by atoms with Gasteiger partial charge < -0.3 is 9.73 Å². The van der Waals surface area contributed by atoms with Crippen molar-refractivity contribution in [3.8, 4) is 0 Å². The fourth-order valence-corrected chi connectivity index (χ4v) is 2.41. The largest absolute Gasteiger partial charge is 0.469 e. The first-order valence-electron chi connectivity index (χ1n) is 5.88. The number of rotatable bonds is 5. The zero-order valence-electron chi connectivity index (χ0n) is 10.4. The number of thioether (sulfide) groups is 1. The number of nitrogens with one attached hydrogen (secondary N) is 2. The normalized spacial score (nSPS) is 11.0. The zero-order valence-corrected chi connectivity index (χ0v) is 11.2. The van der Waals surface area contributed by atoms with E-state index in [1.54, 1.807) is 18.0 Å². The van der Waals surface area contributed by atoms with Crippen molar-refractivity contribution >= 4 is 28.6 Å². The molecule has 0 aliphatic heterocycles. The van der Waals surface area contributed by atoms with Gasteiger partial charge in [-0.15, -0.1) is 11.8 Å². The van der Waals surface area contributed by atoms with Crippen LogP contribution in [0.5, 0.6) is 0 Å². The van der Waals surface area contributed by atoms with Crippen molar-refractivity contribution in [3.63, 3.8) is 0 Å². The predicted octanol–water partition coefficient (Wildman–Crippen LogP) is 2.32. The lowest BCUT2D eigenvalue weighted by Crippen LogP contribution is -2.06. The average Bonchev–Trinajstić information content (AvgIpc) is 3.07. The first-order valence-corrected chi connectivity index (χ1v) is 7.10. The van der Waals surface area contributed by atoms with Crippen LogP contribution in [0.2, 0.25) is 0 Å². The zero-order chi connectivity index (χ0) is 13.1. The van der Waals surface area contributed by atoms with Crippen LogP contribution >= 0.6 is 11.8 Å². The van der Waals surface area contributed by atoms with Crippen molar-refractivity contribution in [3.05, 3.63) is 30.5 Å². The molecule has 98 valence electrons. The Bertz CT molecular complexity index is 664.